The second kappa shape index (κ2) is 7.48. The zero-order chi connectivity index (χ0) is 13.5. The molecule has 0 aromatic carbocycles. The monoisotopic (exact) mass is 268 g/mol. The van der Waals surface area contributed by atoms with E-state index in [0.29, 0.717) is 32.6 Å². The van der Waals surface area contributed by atoms with Crippen molar-refractivity contribution < 1.29 is 14.3 Å². The molecule has 2 saturated heterocycles. The Hall–Kier alpha value is -1.10. The summed E-state index contributed by atoms with van der Waals surface area (Å²) in [5, 5.41) is 0. The molecule has 19 heavy (non-hydrogen) atoms. The summed E-state index contributed by atoms with van der Waals surface area (Å²) >= 11 is 0. The molecule has 0 atom stereocenters. The Labute approximate surface area is 114 Å². The molecule has 0 spiro atoms. The minimum atomic E-state index is 0.252. The number of ether oxygens (including phenoxy) is 1. The summed E-state index contributed by atoms with van der Waals surface area (Å²) in [7, 11) is 0. The highest BCUT2D eigenvalue weighted by molar-refractivity contribution is 5.78. The maximum absolute atomic E-state index is 11.6. The number of piperidine rings is 1. The summed E-state index contributed by atoms with van der Waals surface area (Å²) in [5.41, 5.74) is 0. The first kappa shape index (κ1) is 14.3. The van der Waals surface area contributed by atoms with Crippen LogP contribution in [0.1, 0.15) is 38.5 Å². The summed E-state index contributed by atoms with van der Waals surface area (Å²) in [6.07, 6.45) is 5.43. The minimum absolute atomic E-state index is 0.252. The van der Waals surface area contributed by atoms with E-state index in [1.54, 1.807) is 0 Å². The van der Waals surface area contributed by atoms with Crippen LogP contribution in [0.4, 0.5) is 0 Å². The van der Waals surface area contributed by atoms with Crippen LogP contribution >= 0.6 is 0 Å². The van der Waals surface area contributed by atoms with Crippen molar-refractivity contribution in [2.45, 2.75) is 38.5 Å². The molecule has 0 N–H and O–H groups in total. The Balaban J connectivity index is 1.48. The maximum Gasteiger partial charge on any atom is 0.222 e. The second-order valence-corrected chi connectivity index (χ2v) is 5.29. The molecule has 0 unspecified atom stereocenters. The normalized spacial score (nSPS) is 20.4. The number of nitrogens with zero attached hydrogens (tertiary/aromatic N) is 2. The lowest BCUT2D eigenvalue weighted by Crippen LogP contribution is -2.36. The molecular weight excluding hydrogens is 244 g/mol. The predicted octanol–water partition coefficient (Wildman–Crippen LogP) is 1.03. The van der Waals surface area contributed by atoms with E-state index in [-0.39, 0.29) is 11.8 Å². The summed E-state index contributed by atoms with van der Waals surface area (Å²) in [5.74, 6) is 0.538. The van der Waals surface area contributed by atoms with Gasteiger partial charge in [0, 0.05) is 45.6 Å². The van der Waals surface area contributed by atoms with E-state index in [1.165, 1.54) is 0 Å². The van der Waals surface area contributed by atoms with Crippen LogP contribution in [0.2, 0.25) is 0 Å². The number of hydrogen-bond acceptors (Lipinski definition) is 3. The Morgan fingerprint density at radius 2 is 1.53 bits per heavy atom. The molecule has 2 fully saturated rings. The Morgan fingerprint density at radius 1 is 0.842 bits per heavy atom. The van der Waals surface area contributed by atoms with Gasteiger partial charge in [0.2, 0.25) is 11.8 Å². The lowest BCUT2D eigenvalue weighted by molar-refractivity contribution is -0.133. The van der Waals surface area contributed by atoms with E-state index in [0.717, 1.165) is 45.3 Å². The first-order chi connectivity index (χ1) is 9.27. The quantitative estimate of drug-likeness (QED) is 0.648. The number of hydrogen-bond donors (Lipinski definition) is 0. The summed E-state index contributed by atoms with van der Waals surface area (Å²) in [6.45, 7) is 4.58. The highest BCUT2D eigenvalue weighted by Crippen LogP contribution is 2.11. The van der Waals surface area contributed by atoms with Crippen LogP contribution in [0, 0.1) is 0 Å². The average molecular weight is 268 g/mol. The van der Waals surface area contributed by atoms with Gasteiger partial charge in [-0.25, -0.2) is 0 Å². The molecule has 108 valence electrons. The lowest BCUT2D eigenvalue weighted by atomic mass is 10.1. The van der Waals surface area contributed by atoms with Gasteiger partial charge in [-0.2, -0.15) is 0 Å². The fraction of sp³-hybridized carbons (Fsp3) is 0.857. The molecule has 0 aromatic rings. The van der Waals surface area contributed by atoms with E-state index in [2.05, 4.69) is 0 Å². The van der Waals surface area contributed by atoms with Crippen molar-refractivity contribution in [3.63, 3.8) is 0 Å². The topological polar surface area (TPSA) is 49.9 Å². The summed E-state index contributed by atoms with van der Waals surface area (Å²) in [4.78, 5) is 26.7. The van der Waals surface area contributed by atoms with Gasteiger partial charge in [-0.3, -0.25) is 9.59 Å². The molecule has 5 nitrogen and oxygen atoms in total. The Kier molecular flexibility index (Phi) is 5.63. The third kappa shape index (κ3) is 4.49. The van der Waals surface area contributed by atoms with E-state index < -0.39 is 0 Å². The van der Waals surface area contributed by atoms with Crippen molar-refractivity contribution in [1.29, 1.82) is 0 Å². The third-order valence-electron chi connectivity index (χ3n) is 3.82. The van der Waals surface area contributed by atoms with E-state index in [4.69, 9.17) is 4.74 Å². The smallest absolute Gasteiger partial charge is 0.222 e. The van der Waals surface area contributed by atoms with Crippen LogP contribution in [-0.2, 0) is 14.3 Å². The van der Waals surface area contributed by atoms with Gasteiger partial charge in [0.05, 0.1) is 6.61 Å². The highest BCUT2D eigenvalue weighted by Gasteiger charge is 2.19. The fourth-order valence-electron chi connectivity index (χ4n) is 2.67. The Bertz CT molecular complexity index is 320. The molecule has 2 rings (SSSR count). The summed E-state index contributed by atoms with van der Waals surface area (Å²) in [6, 6.07) is 0. The van der Waals surface area contributed by atoms with Gasteiger partial charge in [0.15, 0.2) is 0 Å². The number of rotatable bonds is 7. The molecule has 0 bridgehead atoms. The molecule has 2 aliphatic heterocycles. The van der Waals surface area contributed by atoms with Crippen molar-refractivity contribution in [3.05, 3.63) is 0 Å². The van der Waals surface area contributed by atoms with Gasteiger partial charge >= 0.3 is 0 Å². The third-order valence-corrected chi connectivity index (χ3v) is 3.82. The molecule has 0 aromatic heterocycles. The molecule has 2 heterocycles. The molecule has 5 heteroatoms. The molecule has 0 saturated carbocycles. The first-order valence-corrected chi connectivity index (χ1v) is 7.40. The van der Waals surface area contributed by atoms with Crippen LogP contribution in [-0.4, -0.2) is 61.0 Å². The van der Waals surface area contributed by atoms with Gasteiger partial charge in [-0.15, -0.1) is 0 Å². The minimum Gasteiger partial charge on any atom is -0.380 e. The van der Waals surface area contributed by atoms with Crippen LogP contribution in [0.25, 0.3) is 0 Å². The second-order valence-electron chi connectivity index (χ2n) is 5.29. The SMILES string of the molecule is O=C1CCCCN1CCCOCCN1CCCC1=O. The van der Waals surface area contributed by atoms with Crippen LogP contribution in [0.3, 0.4) is 0 Å². The maximum atomic E-state index is 11.6. The van der Waals surface area contributed by atoms with E-state index in [9.17, 15) is 9.59 Å². The van der Waals surface area contributed by atoms with Gasteiger partial charge in [-0.05, 0) is 25.7 Å². The average Bonchev–Trinajstić information content (AvgIpc) is 2.81. The standard InChI is InChI=1S/C14H24N2O3/c17-13-5-1-2-7-15(13)9-4-11-19-12-10-16-8-3-6-14(16)18/h1-12H2. The van der Waals surface area contributed by atoms with Gasteiger partial charge in [0.25, 0.3) is 0 Å². The van der Waals surface area contributed by atoms with Crippen molar-refractivity contribution in [2.75, 3.05) is 39.4 Å². The van der Waals surface area contributed by atoms with Gasteiger partial charge in [0.1, 0.15) is 0 Å². The zero-order valence-corrected chi connectivity index (χ0v) is 11.6. The van der Waals surface area contributed by atoms with Crippen molar-refractivity contribution in [3.8, 4) is 0 Å². The molecule has 0 aliphatic carbocycles. The van der Waals surface area contributed by atoms with Crippen molar-refractivity contribution in [2.24, 2.45) is 0 Å². The first-order valence-electron chi connectivity index (χ1n) is 7.40. The van der Waals surface area contributed by atoms with Crippen LogP contribution < -0.4 is 0 Å². The number of carbonyl (C=O) groups is 2. The molecule has 0 radical (unpaired) electrons. The predicted molar refractivity (Wildman–Crippen MR) is 71.7 cm³/mol. The number of likely N-dealkylation sites (tertiary alicyclic amines) is 2. The summed E-state index contributed by atoms with van der Waals surface area (Å²) < 4.78 is 5.54. The number of carbonyl (C=O) groups excluding carboxylic acids is 2. The van der Waals surface area contributed by atoms with Gasteiger partial charge in [-0.1, -0.05) is 0 Å². The van der Waals surface area contributed by atoms with Crippen molar-refractivity contribution in [1.82, 2.24) is 9.80 Å². The van der Waals surface area contributed by atoms with Gasteiger partial charge < -0.3 is 14.5 Å². The largest absolute Gasteiger partial charge is 0.380 e. The van der Waals surface area contributed by atoms with Crippen LogP contribution in [0.5, 0.6) is 0 Å². The molecular formula is C14H24N2O3. The molecule has 2 aliphatic rings. The lowest BCUT2D eigenvalue weighted by Gasteiger charge is -2.26. The highest BCUT2D eigenvalue weighted by atomic mass is 16.5. The van der Waals surface area contributed by atoms with Crippen molar-refractivity contribution >= 4 is 11.8 Å². The van der Waals surface area contributed by atoms with E-state index in [1.807, 2.05) is 9.80 Å². The van der Waals surface area contributed by atoms with Crippen LogP contribution in [0.15, 0.2) is 0 Å². The fourth-order valence-corrected chi connectivity index (χ4v) is 2.67. The zero-order valence-electron chi connectivity index (χ0n) is 11.6. The Morgan fingerprint density at radius 3 is 2.26 bits per heavy atom. The van der Waals surface area contributed by atoms with E-state index >= 15 is 0 Å². The molecule has 2 amide bonds. The number of amides is 2.